The predicted molar refractivity (Wildman–Crippen MR) is 81.7 cm³/mol. The number of hydrogen-bond donors (Lipinski definition) is 1. The molecule has 116 valence electrons. The predicted octanol–water partition coefficient (Wildman–Crippen LogP) is 2.92. The van der Waals surface area contributed by atoms with Gasteiger partial charge in [0, 0.05) is 5.69 Å². The molecule has 0 atom stereocenters. The van der Waals surface area contributed by atoms with Gasteiger partial charge in [-0.3, -0.25) is 9.59 Å². The van der Waals surface area contributed by atoms with Gasteiger partial charge in [-0.2, -0.15) is 5.26 Å². The van der Waals surface area contributed by atoms with E-state index >= 15 is 0 Å². The quantitative estimate of drug-likeness (QED) is 0.861. The molecule has 0 aliphatic carbocycles. The number of rotatable bonds is 5. The van der Waals surface area contributed by atoms with Crippen LogP contribution in [-0.2, 0) is 4.79 Å². The zero-order valence-electron chi connectivity index (χ0n) is 12.3. The van der Waals surface area contributed by atoms with Gasteiger partial charge in [0.2, 0.25) is 0 Å². The second-order valence-corrected chi connectivity index (χ2v) is 4.73. The van der Waals surface area contributed by atoms with E-state index in [1.165, 1.54) is 19.1 Å². The molecule has 2 aromatic carbocycles. The summed E-state index contributed by atoms with van der Waals surface area (Å²) in [5.41, 5.74) is 0.953. The molecule has 23 heavy (non-hydrogen) atoms. The minimum Gasteiger partial charge on any atom is -0.483 e. The average molecular weight is 312 g/mol. The van der Waals surface area contributed by atoms with Gasteiger partial charge in [0.1, 0.15) is 11.6 Å². The van der Waals surface area contributed by atoms with Crippen LogP contribution in [0.5, 0.6) is 5.75 Å². The molecule has 0 saturated heterocycles. The Labute approximate surface area is 132 Å². The molecule has 0 radical (unpaired) electrons. The maximum absolute atomic E-state index is 13.2. The molecule has 0 saturated carbocycles. The molecule has 0 spiro atoms. The van der Waals surface area contributed by atoms with E-state index in [1.807, 2.05) is 6.07 Å². The smallest absolute Gasteiger partial charge is 0.262 e. The van der Waals surface area contributed by atoms with Crippen LogP contribution in [0.2, 0.25) is 0 Å². The highest BCUT2D eigenvalue weighted by Gasteiger charge is 2.12. The highest BCUT2D eigenvalue weighted by molar-refractivity contribution is 5.97. The van der Waals surface area contributed by atoms with Crippen LogP contribution in [0.25, 0.3) is 0 Å². The van der Waals surface area contributed by atoms with Crippen LogP contribution in [-0.4, -0.2) is 18.3 Å². The molecule has 2 rings (SSSR count). The van der Waals surface area contributed by atoms with Gasteiger partial charge >= 0.3 is 0 Å². The van der Waals surface area contributed by atoms with Crippen molar-refractivity contribution in [2.75, 3.05) is 11.9 Å². The summed E-state index contributed by atoms with van der Waals surface area (Å²) >= 11 is 0. The van der Waals surface area contributed by atoms with Crippen LogP contribution in [0.4, 0.5) is 10.1 Å². The number of nitriles is 1. The number of anilines is 1. The Bertz CT molecular complexity index is 797. The second kappa shape index (κ2) is 7.18. The largest absolute Gasteiger partial charge is 0.483 e. The Hall–Kier alpha value is -3.20. The van der Waals surface area contributed by atoms with Gasteiger partial charge in [-0.05, 0) is 43.3 Å². The summed E-state index contributed by atoms with van der Waals surface area (Å²) in [6, 6.07) is 11.9. The molecule has 0 unspecified atom stereocenters. The number of amides is 1. The summed E-state index contributed by atoms with van der Waals surface area (Å²) in [7, 11) is 0. The molecule has 1 N–H and O–H groups in total. The number of benzene rings is 2. The molecule has 0 fully saturated rings. The molecule has 0 heterocycles. The van der Waals surface area contributed by atoms with E-state index in [9.17, 15) is 14.0 Å². The third-order valence-electron chi connectivity index (χ3n) is 2.96. The minimum absolute atomic E-state index is 0.0734. The van der Waals surface area contributed by atoms with Crippen molar-refractivity contribution in [3.05, 3.63) is 59.4 Å². The molecular weight excluding hydrogens is 299 g/mol. The first kappa shape index (κ1) is 16.2. The van der Waals surface area contributed by atoms with E-state index in [4.69, 9.17) is 10.00 Å². The fourth-order valence-corrected chi connectivity index (χ4v) is 1.91. The van der Waals surface area contributed by atoms with Gasteiger partial charge < -0.3 is 10.1 Å². The third kappa shape index (κ3) is 4.38. The van der Waals surface area contributed by atoms with Gasteiger partial charge in [0.05, 0.1) is 17.2 Å². The van der Waals surface area contributed by atoms with Crippen LogP contribution >= 0.6 is 0 Å². The molecule has 5 nitrogen and oxygen atoms in total. The van der Waals surface area contributed by atoms with Crippen molar-refractivity contribution in [1.82, 2.24) is 0 Å². The van der Waals surface area contributed by atoms with Crippen molar-refractivity contribution in [3.63, 3.8) is 0 Å². The van der Waals surface area contributed by atoms with Crippen molar-refractivity contribution >= 4 is 17.4 Å². The fourth-order valence-electron chi connectivity index (χ4n) is 1.91. The van der Waals surface area contributed by atoms with Crippen molar-refractivity contribution in [1.29, 1.82) is 5.26 Å². The van der Waals surface area contributed by atoms with Gasteiger partial charge in [-0.1, -0.05) is 6.07 Å². The number of hydrogen-bond acceptors (Lipinski definition) is 4. The molecule has 2 aromatic rings. The number of ketones is 1. The van der Waals surface area contributed by atoms with E-state index in [2.05, 4.69) is 5.32 Å². The number of carbonyl (C=O) groups excluding carboxylic acids is 2. The van der Waals surface area contributed by atoms with E-state index in [0.29, 0.717) is 11.3 Å². The molecular formula is C17H13FN2O3. The lowest BCUT2D eigenvalue weighted by Gasteiger charge is -2.10. The van der Waals surface area contributed by atoms with Gasteiger partial charge in [0.25, 0.3) is 5.91 Å². The van der Waals surface area contributed by atoms with Crippen molar-refractivity contribution in [3.8, 4) is 11.8 Å². The summed E-state index contributed by atoms with van der Waals surface area (Å²) in [4.78, 5) is 23.3. The number of ether oxygens (including phenoxy) is 1. The Balaban J connectivity index is 2.02. The summed E-state index contributed by atoms with van der Waals surface area (Å²) < 4.78 is 18.4. The summed E-state index contributed by atoms with van der Waals surface area (Å²) in [5, 5.41) is 11.4. The van der Waals surface area contributed by atoms with Crippen LogP contribution in [0.15, 0.2) is 42.5 Å². The minimum atomic E-state index is -0.555. The van der Waals surface area contributed by atoms with Crippen LogP contribution < -0.4 is 10.1 Å². The monoisotopic (exact) mass is 312 g/mol. The topological polar surface area (TPSA) is 79.2 Å². The maximum atomic E-state index is 13.2. The lowest BCUT2D eigenvalue weighted by molar-refractivity contribution is -0.118. The maximum Gasteiger partial charge on any atom is 0.262 e. The summed E-state index contributed by atoms with van der Waals surface area (Å²) in [5.74, 6) is -1.24. The third-order valence-corrected chi connectivity index (χ3v) is 2.96. The van der Waals surface area contributed by atoms with E-state index in [1.54, 1.807) is 18.2 Å². The highest BCUT2D eigenvalue weighted by Crippen LogP contribution is 2.20. The highest BCUT2D eigenvalue weighted by atomic mass is 19.1. The Morgan fingerprint density at radius 2 is 2.04 bits per heavy atom. The van der Waals surface area contributed by atoms with Crippen LogP contribution in [0.1, 0.15) is 22.8 Å². The van der Waals surface area contributed by atoms with E-state index in [-0.39, 0.29) is 23.7 Å². The average Bonchev–Trinajstić information content (AvgIpc) is 2.53. The standard InChI is InChI=1S/C17H13FN2O3/c1-11(21)15-8-13(18)5-6-16(15)23-10-17(22)20-14-4-2-3-12(7-14)9-19/h2-8H,10H2,1H3,(H,20,22). The SMILES string of the molecule is CC(=O)c1cc(F)ccc1OCC(=O)Nc1cccc(C#N)c1. The van der Waals surface area contributed by atoms with Crippen LogP contribution in [0.3, 0.4) is 0 Å². The number of Topliss-reactive ketones (excluding diaryl/α,β-unsaturated/α-hetero) is 1. The molecule has 0 aliphatic heterocycles. The first-order chi connectivity index (χ1) is 11.0. The van der Waals surface area contributed by atoms with Crippen molar-refractivity contribution < 1.29 is 18.7 Å². The summed E-state index contributed by atoms with van der Waals surface area (Å²) in [6.07, 6.45) is 0. The lowest BCUT2D eigenvalue weighted by Crippen LogP contribution is -2.20. The second-order valence-electron chi connectivity index (χ2n) is 4.73. The number of carbonyl (C=O) groups is 2. The molecule has 1 amide bonds. The Morgan fingerprint density at radius 3 is 2.74 bits per heavy atom. The zero-order chi connectivity index (χ0) is 16.8. The van der Waals surface area contributed by atoms with Crippen LogP contribution in [0, 0.1) is 17.1 Å². The van der Waals surface area contributed by atoms with Crippen molar-refractivity contribution in [2.24, 2.45) is 0 Å². The lowest BCUT2D eigenvalue weighted by atomic mass is 10.1. The normalized spacial score (nSPS) is 9.78. The molecule has 0 bridgehead atoms. The van der Waals surface area contributed by atoms with Crippen molar-refractivity contribution in [2.45, 2.75) is 6.92 Å². The Morgan fingerprint density at radius 1 is 1.26 bits per heavy atom. The van der Waals surface area contributed by atoms with E-state index < -0.39 is 11.7 Å². The molecule has 6 heteroatoms. The Kier molecular flexibility index (Phi) is 5.05. The summed E-state index contributed by atoms with van der Waals surface area (Å²) in [6.45, 7) is 0.942. The fraction of sp³-hybridized carbons (Fsp3) is 0.118. The molecule has 0 aromatic heterocycles. The number of nitrogens with zero attached hydrogens (tertiary/aromatic N) is 1. The van der Waals surface area contributed by atoms with Gasteiger partial charge in [-0.25, -0.2) is 4.39 Å². The van der Waals surface area contributed by atoms with Gasteiger partial charge in [-0.15, -0.1) is 0 Å². The first-order valence-corrected chi connectivity index (χ1v) is 6.73. The number of nitrogens with one attached hydrogen (secondary N) is 1. The molecule has 0 aliphatic rings. The van der Waals surface area contributed by atoms with Gasteiger partial charge in [0.15, 0.2) is 12.4 Å². The zero-order valence-corrected chi connectivity index (χ0v) is 12.3. The first-order valence-electron chi connectivity index (χ1n) is 6.73. The number of halogens is 1. The van der Waals surface area contributed by atoms with E-state index in [0.717, 1.165) is 12.1 Å².